The second-order valence-electron chi connectivity index (χ2n) is 5.03. The molecule has 1 aromatic rings. The molecule has 1 amide bonds. The van der Waals surface area contributed by atoms with Crippen LogP contribution in [0.4, 0.5) is 0 Å². The average molecular weight is 291 g/mol. The quantitative estimate of drug-likeness (QED) is 0.337. The van der Waals surface area contributed by atoms with E-state index in [1.165, 1.54) is 4.88 Å². The molecule has 1 aromatic heterocycles. The number of nitrogen functional groups attached to an aromatic ring is 1. The molecular weight excluding hydrogens is 270 g/mol. The Morgan fingerprint density at radius 1 is 1.55 bits per heavy atom. The first-order valence-electron chi connectivity index (χ1n) is 7.07. The summed E-state index contributed by atoms with van der Waals surface area (Å²) in [5.41, 5.74) is 7.73. The summed E-state index contributed by atoms with van der Waals surface area (Å²) in [6.07, 6.45) is 6.79. The minimum atomic E-state index is -0.0168. The lowest BCUT2D eigenvalue weighted by Crippen LogP contribution is -2.22. The van der Waals surface area contributed by atoms with Crippen molar-refractivity contribution >= 4 is 28.7 Å². The molecule has 108 valence electrons. The number of aryl methyl sites for hydroxylation is 1. The first-order valence-corrected chi connectivity index (χ1v) is 7.89. The minimum Gasteiger partial charge on any atom is -0.383 e. The maximum Gasteiger partial charge on any atom is 0.244 e. The Morgan fingerprint density at radius 2 is 2.35 bits per heavy atom. The fourth-order valence-electron chi connectivity index (χ4n) is 2.34. The number of fused-ring (bicyclic) bond motifs is 1. The Labute approximate surface area is 123 Å². The van der Waals surface area contributed by atoms with Gasteiger partial charge in [-0.15, -0.1) is 11.3 Å². The Balaban J connectivity index is 2.15. The van der Waals surface area contributed by atoms with E-state index in [0.717, 1.165) is 54.7 Å². The third kappa shape index (κ3) is 3.48. The van der Waals surface area contributed by atoms with E-state index >= 15 is 0 Å². The van der Waals surface area contributed by atoms with Gasteiger partial charge in [-0.3, -0.25) is 10.2 Å². The van der Waals surface area contributed by atoms with Gasteiger partial charge in [0.15, 0.2) is 0 Å². The van der Waals surface area contributed by atoms with Crippen LogP contribution >= 0.6 is 11.3 Å². The van der Waals surface area contributed by atoms with E-state index in [0.29, 0.717) is 0 Å². The van der Waals surface area contributed by atoms with Gasteiger partial charge >= 0.3 is 0 Å². The van der Waals surface area contributed by atoms with Gasteiger partial charge in [0.2, 0.25) is 5.91 Å². The normalized spacial score (nSPS) is 15.9. The van der Waals surface area contributed by atoms with Crippen LogP contribution in [0.3, 0.4) is 0 Å². The monoisotopic (exact) mass is 291 g/mol. The molecule has 0 saturated carbocycles. The van der Waals surface area contributed by atoms with Gasteiger partial charge in [-0.2, -0.15) is 0 Å². The third-order valence-electron chi connectivity index (χ3n) is 3.41. The number of unbranched alkanes of at least 4 members (excludes halogenated alkanes) is 1. The zero-order valence-corrected chi connectivity index (χ0v) is 12.6. The summed E-state index contributed by atoms with van der Waals surface area (Å²) in [4.78, 5) is 13.9. The third-order valence-corrected chi connectivity index (χ3v) is 4.63. The number of amidine groups is 1. The molecule has 0 radical (unpaired) electrons. The topological polar surface area (TPSA) is 79.0 Å². The molecule has 0 aliphatic heterocycles. The lowest BCUT2D eigenvalue weighted by Gasteiger charge is -2.14. The number of carbonyl (C=O) groups excluding carboxylic acids is 1. The molecule has 1 heterocycles. The van der Waals surface area contributed by atoms with Crippen LogP contribution in [0.25, 0.3) is 5.57 Å². The van der Waals surface area contributed by atoms with E-state index in [4.69, 9.17) is 11.1 Å². The molecule has 0 saturated heterocycles. The van der Waals surface area contributed by atoms with Crippen molar-refractivity contribution in [3.8, 4) is 0 Å². The van der Waals surface area contributed by atoms with Crippen LogP contribution in [0.1, 0.15) is 47.9 Å². The number of rotatable bonds is 5. The van der Waals surface area contributed by atoms with Crippen molar-refractivity contribution in [1.29, 1.82) is 5.41 Å². The molecule has 1 aliphatic carbocycles. The molecule has 0 aromatic carbocycles. The number of thiophene rings is 1. The standard InChI is InChI=1S/C15H21N3OS/c1-2-3-7-18-14(19)8-10-5-4-6-12-11(10)9-13(20-12)15(16)17/h8-9H,2-7H2,1H3,(H3,16,17)(H,18,19)/b10-8+. The van der Waals surface area contributed by atoms with E-state index < -0.39 is 0 Å². The van der Waals surface area contributed by atoms with Gasteiger partial charge < -0.3 is 11.1 Å². The predicted molar refractivity (Wildman–Crippen MR) is 84.2 cm³/mol. The zero-order chi connectivity index (χ0) is 14.5. The second-order valence-corrected chi connectivity index (χ2v) is 6.17. The van der Waals surface area contributed by atoms with Crippen molar-refractivity contribution in [2.45, 2.75) is 39.0 Å². The summed E-state index contributed by atoms with van der Waals surface area (Å²) < 4.78 is 0. The lowest BCUT2D eigenvalue weighted by atomic mass is 9.93. The number of nitrogens with one attached hydrogen (secondary N) is 2. The summed E-state index contributed by atoms with van der Waals surface area (Å²) in [6, 6.07) is 1.95. The fourth-order valence-corrected chi connectivity index (χ4v) is 3.44. The van der Waals surface area contributed by atoms with Crippen LogP contribution in [-0.2, 0) is 11.2 Å². The van der Waals surface area contributed by atoms with Gasteiger partial charge in [0.05, 0.1) is 4.88 Å². The Morgan fingerprint density at radius 3 is 3.05 bits per heavy atom. The maximum absolute atomic E-state index is 11.9. The van der Waals surface area contributed by atoms with Crippen molar-refractivity contribution in [3.63, 3.8) is 0 Å². The van der Waals surface area contributed by atoms with E-state index in [9.17, 15) is 4.79 Å². The van der Waals surface area contributed by atoms with Crippen molar-refractivity contribution in [3.05, 3.63) is 27.5 Å². The Kier molecular flexibility index (Phi) is 4.95. The first kappa shape index (κ1) is 14.8. The number of allylic oxidation sites excluding steroid dienone is 1. The highest BCUT2D eigenvalue weighted by Crippen LogP contribution is 2.36. The van der Waals surface area contributed by atoms with Crippen LogP contribution < -0.4 is 11.1 Å². The van der Waals surface area contributed by atoms with Crippen LogP contribution in [0.5, 0.6) is 0 Å². The van der Waals surface area contributed by atoms with E-state index in [2.05, 4.69) is 12.2 Å². The molecule has 0 unspecified atom stereocenters. The number of nitrogens with two attached hydrogens (primary N) is 1. The molecule has 4 N–H and O–H groups in total. The number of carbonyl (C=O) groups is 1. The zero-order valence-electron chi connectivity index (χ0n) is 11.8. The molecule has 0 atom stereocenters. The van der Waals surface area contributed by atoms with Crippen molar-refractivity contribution in [2.75, 3.05) is 6.54 Å². The Bertz CT molecular complexity index is 545. The summed E-state index contributed by atoms with van der Waals surface area (Å²) >= 11 is 1.57. The minimum absolute atomic E-state index is 0.0168. The number of hydrogen-bond donors (Lipinski definition) is 3. The highest BCUT2D eigenvalue weighted by Gasteiger charge is 2.19. The highest BCUT2D eigenvalue weighted by molar-refractivity contribution is 7.14. The fraction of sp³-hybridized carbons (Fsp3) is 0.467. The van der Waals surface area contributed by atoms with Crippen LogP contribution in [0, 0.1) is 5.41 Å². The van der Waals surface area contributed by atoms with E-state index in [1.807, 2.05) is 6.07 Å². The first-order chi connectivity index (χ1) is 9.61. The SMILES string of the molecule is CCCCNC(=O)/C=C1\CCCc2sc(C(=N)N)cc21. The van der Waals surface area contributed by atoms with Crippen LogP contribution in [0.2, 0.25) is 0 Å². The maximum atomic E-state index is 11.9. The smallest absolute Gasteiger partial charge is 0.244 e. The summed E-state index contributed by atoms with van der Waals surface area (Å²) in [7, 11) is 0. The van der Waals surface area contributed by atoms with Gasteiger partial charge in [0.1, 0.15) is 5.84 Å². The van der Waals surface area contributed by atoms with Crippen molar-refractivity contribution in [1.82, 2.24) is 5.32 Å². The highest BCUT2D eigenvalue weighted by atomic mass is 32.1. The second kappa shape index (κ2) is 6.70. The van der Waals surface area contributed by atoms with Gasteiger partial charge in [0.25, 0.3) is 0 Å². The molecule has 1 aliphatic rings. The molecule has 2 rings (SSSR count). The van der Waals surface area contributed by atoms with Gasteiger partial charge in [-0.1, -0.05) is 13.3 Å². The summed E-state index contributed by atoms with van der Waals surface area (Å²) in [5.74, 6) is 0.0908. The predicted octanol–water partition coefficient (Wildman–Crippen LogP) is 2.67. The van der Waals surface area contributed by atoms with E-state index in [1.54, 1.807) is 17.4 Å². The summed E-state index contributed by atoms with van der Waals surface area (Å²) in [5, 5.41) is 10.4. The number of hydrogen-bond acceptors (Lipinski definition) is 3. The largest absolute Gasteiger partial charge is 0.383 e. The molecule has 4 nitrogen and oxygen atoms in total. The van der Waals surface area contributed by atoms with Crippen LogP contribution in [-0.4, -0.2) is 18.3 Å². The Hall–Kier alpha value is -1.62. The van der Waals surface area contributed by atoms with Gasteiger partial charge in [-0.05, 0) is 42.9 Å². The van der Waals surface area contributed by atoms with Crippen LogP contribution in [0.15, 0.2) is 12.1 Å². The van der Waals surface area contributed by atoms with Gasteiger partial charge in [-0.25, -0.2) is 0 Å². The van der Waals surface area contributed by atoms with Crippen molar-refractivity contribution < 1.29 is 4.79 Å². The van der Waals surface area contributed by atoms with Gasteiger partial charge in [0, 0.05) is 17.5 Å². The van der Waals surface area contributed by atoms with Crippen molar-refractivity contribution in [2.24, 2.45) is 5.73 Å². The summed E-state index contributed by atoms with van der Waals surface area (Å²) in [6.45, 7) is 2.83. The number of amides is 1. The molecule has 5 heteroatoms. The molecule has 0 spiro atoms. The van der Waals surface area contributed by atoms with E-state index in [-0.39, 0.29) is 11.7 Å². The molecule has 0 fully saturated rings. The average Bonchev–Trinajstić information content (AvgIpc) is 2.84. The lowest BCUT2D eigenvalue weighted by molar-refractivity contribution is -0.116. The molecular formula is C15H21N3OS. The molecule has 20 heavy (non-hydrogen) atoms. The molecule has 0 bridgehead atoms.